The molecular weight excluding hydrogens is 240 g/mol. The van der Waals surface area contributed by atoms with Gasteiger partial charge in [-0.1, -0.05) is 37.3 Å². The Morgan fingerprint density at radius 1 is 1.42 bits per heavy atom. The average molecular weight is 260 g/mol. The van der Waals surface area contributed by atoms with E-state index in [0.717, 1.165) is 25.0 Å². The zero-order valence-corrected chi connectivity index (χ0v) is 11.2. The fourth-order valence-electron chi connectivity index (χ4n) is 2.34. The van der Waals surface area contributed by atoms with E-state index in [9.17, 15) is 9.90 Å². The average Bonchev–Trinajstić information content (AvgIpc) is 2.45. The highest BCUT2D eigenvalue weighted by molar-refractivity contribution is 5.88. The van der Waals surface area contributed by atoms with Crippen molar-refractivity contribution in [3.05, 3.63) is 35.9 Å². The quantitative estimate of drug-likeness (QED) is 0.820. The van der Waals surface area contributed by atoms with Gasteiger partial charge in [-0.05, 0) is 37.2 Å². The summed E-state index contributed by atoms with van der Waals surface area (Å²) in [6, 6.07) is 8.87. The first-order valence-electron chi connectivity index (χ1n) is 6.75. The number of amides is 1. The fourth-order valence-corrected chi connectivity index (χ4v) is 2.34. The topological polar surface area (TPSA) is 61.7 Å². The van der Waals surface area contributed by atoms with E-state index in [0.29, 0.717) is 11.5 Å². The van der Waals surface area contributed by atoms with Crippen molar-refractivity contribution in [1.82, 2.24) is 5.43 Å². The second-order valence-electron chi connectivity index (χ2n) is 5.17. The van der Waals surface area contributed by atoms with Crippen molar-refractivity contribution < 1.29 is 9.90 Å². The Kier molecular flexibility index (Phi) is 4.68. The molecule has 4 heteroatoms. The zero-order valence-electron chi connectivity index (χ0n) is 11.2. The van der Waals surface area contributed by atoms with Crippen molar-refractivity contribution in [3.8, 4) is 0 Å². The highest BCUT2D eigenvalue weighted by Crippen LogP contribution is 2.21. The summed E-state index contributed by atoms with van der Waals surface area (Å²) in [6.45, 7) is 2.19. The van der Waals surface area contributed by atoms with Gasteiger partial charge in [-0.3, -0.25) is 4.79 Å². The highest BCUT2D eigenvalue weighted by Gasteiger charge is 2.18. The van der Waals surface area contributed by atoms with Crippen molar-refractivity contribution in [3.63, 3.8) is 0 Å². The maximum absolute atomic E-state index is 11.8. The molecule has 1 aliphatic rings. The van der Waals surface area contributed by atoms with Crippen molar-refractivity contribution in [2.45, 2.75) is 38.7 Å². The second kappa shape index (κ2) is 6.48. The number of hydrogen-bond donors (Lipinski definition) is 2. The van der Waals surface area contributed by atoms with E-state index in [1.54, 1.807) is 24.3 Å². The van der Waals surface area contributed by atoms with Crippen molar-refractivity contribution in [2.24, 2.45) is 11.0 Å². The molecule has 2 N–H and O–H groups in total. The van der Waals surface area contributed by atoms with Crippen LogP contribution in [0.25, 0.3) is 0 Å². The number of rotatable bonds is 3. The summed E-state index contributed by atoms with van der Waals surface area (Å²) in [4.78, 5) is 11.8. The lowest BCUT2D eigenvalue weighted by molar-refractivity contribution is -0.129. The summed E-state index contributed by atoms with van der Waals surface area (Å²) in [6.07, 6.45) is 3.05. The third-order valence-electron chi connectivity index (χ3n) is 3.43. The predicted molar refractivity (Wildman–Crippen MR) is 74.6 cm³/mol. The molecule has 0 spiro atoms. The number of aliphatic hydroxyl groups excluding tert-OH is 1. The Morgan fingerprint density at radius 2 is 2.16 bits per heavy atom. The second-order valence-corrected chi connectivity index (χ2v) is 5.17. The Hall–Kier alpha value is -1.68. The molecule has 4 nitrogen and oxygen atoms in total. The van der Waals surface area contributed by atoms with E-state index in [1.807, 2.05) is 6.07 Å². The first-order valence-corrected chi connectivity index (χ1v) is 6.75. The molecule has 0 aromatic heterocycles. The summed E-state index contributed by atoms with van der Waals surface area (Å²) in [7, 11) is 0. The minimum Gasteiger partial charge on any atom is -0.378 e. The highest BCUT2D eigenvalue weighted by atomic mass is 16.3. The van der Waals surface area contributed by atoms with Gasteiger partial charge in [0.2, 0.25) is 0 Å². The smallest absolute Gasteiger partial charge is 0.273 e. The van der Waals surface area contributed by atoms with Gasteiger partial charge >= 0.3 is 0 Å². The number of benzene rings is 1. The van der Waals surface area contributed by atoms with E-state index < -0.39 is 12.0 Å². The van der Waals surface area contributed by atoms with E-state index in [4.69, 9.17) is 0 Å². The molecule has 1 aliphatic carbocycles. The molecule has 102 valence electrons. The fraction of sp³-hybridized carbons (Fsp3) is 0.467. The van der Waals surface area contributed by atoms with Crippen LogP contribution in [0.4, 0.5) is 0 Å². The van der Waals surface area contributed by atoms with Crippen LogP contribution in [0.2, 0.25) is 0 Å². The number of hydrogen-bond acceptors (Lipinski definition) is 3. The van der Waals surface area contributed by atoms with Gasteiger partial charge in [0.15, 0.2) is 6.10 Å². The Labute approximate surface area is 113 Å². The molecule has 0 heterocycles. The molecule has 0 radical (unpaired) electrons. The first kappa shape index (κ1) is 13.7. The molecule has 1 fully saturated rings. The number of hydrazone groups is 1. The maximum atomic E-state index is 11.8. The molecule has 2 rings (SSSR count). The third kappa shape index (κ3) is 3.89. The SMILES string of the molecule is CC1CCCC(=NNC(=O)C(O)c2ccccc2)C1. The van der Waals surface area contributed by atoms with Gasteiger partial charge in [0, 0.05) is 5.71 Å². The predicted octanol–water partition coefficient (Wildman–Crippen LogP) is 2.40. The van der Waals surface area contributed by atoms with Crippen LogP contribution in [0, 0.1) is 5.92 Å². The Morgan fingerprint density at radius 3 is 2.84 bits per heavy atom. The molecule has 0 bridgehead atoms. The van der Waals surface area contributed by atoms with Crippen LogP contribution < -0.4 is 5.43 Å². The van der Waals surface area contributed by atoms with Gasteiger partial charge in [-0.25, -0.2) is 5.43 Å². The zero-order chi connectivity index (χ0) is 13.7. The van der Waals surface area contributed by atoms with E-state index in [2.05, 4.69) is 17.5 Å². The van der Waals surface area contributed by atoms with Crippen LogP contribution in [0.3, 0.4) is 0 Å². The number of aliphatic hydroxyl groups is 1. The minimum absolute atomic E-state index is 0.475. The molecule has 1 amide bonds. The van der Waals surface area contributed by atoms with Crippen LogP contribution in [0.5, 0.6) is 0 Å². The van der Waals surface area contributed by atoms with Crippen molar-refractivity contribution in [1.29, 1.82) is 0 Å². The van der Waals surface area contributed by atoms with E-state index in [1.165, 1.54) is 6.42 Å². The monoisotopic (exact) mass is 260 g/mol. The van der Waals surface area contributed by atoms with Gasteiger partial charge in [0.25, 0.3) is 5.91 Å². The number of nitrogens with one attached hydrogen (secondary N) is 1. The first-order chi connectivity index (χ1) is 9.16. The summed E-state index contributed by atoms with van der Waals surface area (Å²) < 4.78 is 0. The van der Waals surface area contributed by atoms with Crippen LogP contribution in [-0.4, -0.2) is 16.7 Å². The van der Waals surface area contributed by atoms with Gasteiger partial charge < -0.3 is 5.11 Å². The largest absolute Gasteiger partial charge is 0.378 e. The number of nitrogens with zero attached hydrogens (tertiary/aromatic N) is 1. The molecule has 0 saturated heterocycles. The molecule has 0 aliphatic heterocycles. The molecule has 1 aromatic rings. The lowest BCUT2D eigenvalue weighted by atomic mass is 9.89. The Balaban J connectivity index is 1.92. The maximum Gasteiger partial charge on any atom is 0.273 e. The standard InChI is InChI=1S/C15H20N2O2/c1-11-6-5-9-13(10-11)16-17-15(19)14(18)12-7-3-2-4-8-12/h2-4,7-8,11,14,18H,5-6,9-10H2,1H3,(H,17,19). The van der Waals surface area contributed by atoms with Crippen LogP contribution in [0.1, 0.15) is 44.3 Å². The normalized spacial score (nSPS) is 23.1. The van der Waals surface area contributed by atoms with Gasteiger partial charge in [-0.2, -0.15) is 5.10 Å². The summed E-state index contributed by atoms with van der Waals surface area (Å²) in [5, 5.41) is 14.0. The van der Waals surface area contributed by atoms with Crippen molar-refractivity contribution >= 4 is 11.6 Å². The lowest BCUT2D eigenvalue weighted by Gasteiger charge is -2.19. The Bertz CT molecular complexity index is 456. The summed E-state index contributed by atoms with van der Waals surface area (Å²) in [5.41, 5.74) is 4.07. The molecular formula is C15H20N2O2. The summed E-state index contributed by atoms with van der Waals surface area (Å²) in [5.74, 6) is 0.153. The van der Waals surface area contributed by atoms with Gasteiger partial charge in [0.05, 0.1) is 0 Å². The van der Waals surface area contributed by atoms with Crippen molar-refractivity contribution in [2.75, 3.05) is 0 Å². The van der Waals surface area contributed by atoms with E-state index in [-0.39, 0.29) is 0 Å². The van der Waals surface area contributed by atoms with Gasteiger partial charge in [0.1, 0.15) is 0 Å². The molecule has 1 saturated carbocycles. The molecule has 1 aromatic carbocycles. The molecule has 19 heavy (non-hydrogen) atoms. The number of carbonyl (C=O) groups excluding carboxylic acids is 1. The minimum atomic E-state index is -1.16. The van der Waals surface area contributed by atoms with Gasteiger partial charge in [-0.15, -0.1) is 0 Å². The van der Waals surface area contributed by atoms with Crippen LogP contribution >= 0.6 is 0 Å². The third-order valence-corrected chi connectivity index (χ3v) is 3.43. The summed E-state index contributed by atoms with van der Waals surface area (Å²) >= 11 is 0. The van der Waals surface area contributed by atoms with Crippen LogP contribution in [-0.2, 0) is 4.79 Å². The molecule has 2 atom stereocenters. The van der Waals surface area contributed by atoms with Crippen LogP contribution in [0.15, 0.2) is 35.4 Å². The van der Waals surface area contributed by atoms with E-state index >= 15 is 0 Å². The molecule has 2 unspecified atom stereocenters. The lowest BCUT2D eigenvalue weighted by Crippen LogP contribution is -2.27. The number of carbonyl (C=O) groups is 1.